The summed E-state index contributed by atoms with van der Waals surface area (Å²) in [5.74, 6) is 0.114. The van der Waals surface area contributed by atoms with E-state index in [1.807, 2.05) is 29.2 Å². The van der Waals surface area contributed by atoms with Gasteiger partial charge in [0.25, 0.3) is 6.01 Å². The van der Waals surface area contributed by atoms with Gasteiger partial charge >= 0.3 is 0 Å². The Labute approximate surface area is 186 Å². The summed E-state index contributed by atoms with van der Waals surface area (Å²) >= 11 is 0. The predicted octanol–water partition coefficient (Wildman–Crippen LogP) is 4.68. The number of ether oxygens (including phenoxy) is 2. The minimum absolute atomic E-state index is 0.114. The van der Waals surface area contributed by atoms with Gasteiger partial charge in [-0.25, -0.2) is 0 Å². The number of hydrogen-bond acceptors (Lipinski definition) is 6. The molecule has 2 atom stereocenters. The molecule has 0 aliphatic heterocycles. The van der Waals surface area contributed by atoms with Crippen LogP contribution in [0.25, 0.3) is 11.1 Å². The first-order valence-corrected chi connectivity index (χ1v) is 9.62. The SMILES string of the molecule is [2H]C1=CC([2H])(OCCCN(Cc2cccc(O)c2)c2nc3ccccc3o2)C([2H])([2H])C([2H])([2H])C1([2H])OC. The van der Waals surface area contributed by atoms with E-state index in [4.69, 9.17) is 23.5 Å². The third-order valence-electron chi connectivity index (χ3n) is 4.50. The summed E-state index contributed by atoms with van der Waals surface area (Å²) < 4.78 is 74.1. The van der Waals surface area contributed by atoms with Gasteiger partial charge in [-0.2, -0.15) is 4.98 Å². The lowest BCUT2D eigenvalue weighted by Gasteiger charge is -2.24. The minimum Gasteiger partial charge on any atom is -0.508 e. The van der Waals surface area contributed by atoms with Gasteiger partial charge < -0.3 is 23.9 Å². The van der Waals surface area contributed by atoms with Gasteiger partial charge in [0.2, 0.25) is 0 Å². The van der Waals surface area contributed by atoms with Gasteiger partial charge in [-0.1, -0.05) is 36.4 Å². The standard InChI is InChI=1S/C24H28N2O4/c1-28-20-10-12-21(13-11-20)29-15-5-14-26(17-18-6-4-7-19(27)16-18)24-25-22-8-2-3-9-23(22)30-24/h2-4,6-10,12,16,20-21,27H,5,11,13-15,17H2,1H3/i10D,11D2,13D2,20D,21D. The third-order valence-corrected chi connectivity index (χ3v) is 4.50. The molecule has 4 rings (SSSR count). The number of oxazole rings is 1. The Hall–Kier alpha value is -2.83. The summed E-state index contributed by atoms with van der Waals surface area (Å²) in [4.78, 5) is 6.35. The molecule has 2 unspecified atom stereocenters. The summed E-state index contributed by atoms with van der Waals surface area (Å²) in [6.45, 7) is 0.493. The van der Waals surface area contributed by atoms with Crippen LogP contribution < -0.4 is 4.90 Å². The maximum absolute atomic E-state index is 9.86. The number of hydrogen-bond donors (Lipinski definition) is 1. The van der Waals surface area contributed by atoms with Crippen LogP contribution in [0.4, 0.5) is 6.01 Å². The molecule has 0 saturated carbocycles. The Morgan fingerprint density at radius 3 is 2.97 bits per heavy atom. The van der Waals surface area contributed by atoms with Crippen LogP contribution in [0.2, 0.25) is 0 Å². The highest BCUT2D eigenvalue weighted by Crippen LogP contribution is 2.24. The topological polar surface area (TPSA) is 68.0 Å². The van der Waals surface area contributed by atoms with E-state index < -0.39 is 31.0 Å². The molecule has 0 spiro atoms. The molecule has 0 fully saturated rings. The molecule has 6 nitrogen and oxygen atoms in total. The number of benzene rings is 2. The van der Waals surface area contributed by atoms with Gasteiger partial charge in [-0.05, 0) is 49.0 Å². The molecular weight excluding hydrogens is 380 g/mol. The van der Waals surface area contributed by atoms with Gasteiger partial charge in [0.1, 0.15) is 11.3 Å². The molecule has 3 aromatic rings. The van der Waals surface area contributed by atoms with Crippen molar-refractivity contribution in [1.82, 2.24) is 4.98 Å². The Kier molecular flexibility index (Phi) is 4.39. The zero-order valence-electron chi connectivity index (χ0n) is 23.6. The van der Waals surface area contributed by atoms with Gasteiger partial charge in [0.15, 0.2) is 5.58 Å². The van der Waals surface area contributed by atoms with E-state index in [-0.39, 0.29) is 18.8 Å². The molecule has 1 aliphatic carbocycles. The van der Waals surface area contributed by atoms with Gasteiger partial charge in [-0.15, -0.1) is 0 Å². The second-order valence-corrected chi connectivity index (χ2v) is 6.69. The molecule has 1 heterocycles. The van der Waals surface area contributed by atoms with Crippen molar-refractivity contribution < 1.29 is 28.6 Å². The van der Waals surface area contributed by atoms with Crippen molar-refractivity contribution in [1.29, 1.82) is 0 Å². The largest absolute Gasteiger partial charge is 0.508 e. The van der Waals surface area contributed by atoms with Crippen LogP contribution in [0, 0.1) is 0 Å². The molecule has 1 aromatic heterocycles. The number of anilines is 1. The van der Waals surface area contributed by atoms with Crippen molar-refractivity contribution in [3.63, 3.8) is 0 Å². The number of nitrogens with zero attached hydrogens (tertiary/aromatic N) is 2. The second-order valence-electron chi connectivity index (χ2n) is 6.69. The molecule has 0 amide bonds. The third kappa shape index (κ3) is 5.20. The Balaban J connectivity index is 1.52. The summed E-state index contributed by atoms with van der Waals surface area (Å²) in [6.07, 6.45) is -10.1. The second kappa shape index (κ2) is 9.78. The van der Waals surface area contributed by atoms with Crippen molar-refractivity contribution in [3.05, 3.63) is 66.2 Å². The van der Waals surface area contributed by atoms with Gasteiger partial charge in [0.05, 0.1) is 16.3 Å². The fourth-order valence-electron chi connectivity index (χ4n) is 3.06. The molecule has 158 valence electrons. The van der Waals surface area contributed by atoms with Crippen LogP contribution in [0.5, 0.6) is 5.75 Å². The Morgan fingerprint density at radius 1 is 1.27 bits per heavy atom. The quantitative estimate of drug-likeness (QED) is 0.404. The number of methoxy groups -OCH3 is 1. The van der Waals surface area contributed by atoms with Crippen molar-refractivity contribution in [2.45, 2.75) is 37.9 Å². The summed E-state index contributed by atoms with van der Waals surface area (Å²) in [5, 5.41) is 9.86. The van der Waals surface area contributed by atoms with E-state index in [0.29, 0.717) is 30.2 Å². The van der Waals surface area contributed by atoms with Crippen LogP contribution in [-0.4, -0.2) is 42.5 Å². The average molecular weight is 416 g/mol. The van der Waals surface area contributed by atoms with Crippen LogP contribution in [0.1, 0.15) is 34.3 Å². The molecule has 0 bridgehead atoms. The van der Waals surface area contributed by atoms with E-state index in [9.17, 15) is 5.11 Å². The van der Waals surface area contributed by atoms with Crippen molar-refractivity contribution in [2.75, 3.05) is 25.2 Å². The first-order chi connectivity index (χ1) is 17.3. The summed E-state index contributed by atoms with van der Waals surface area (Å²) in [6, 6.07) is 13.7. The highest BCUT2D eigenvalue weighted by molar-refractivity contribution is 5.74. The lowest BCUT2D eigenvalue weighted by Crippen LogP contribution is -2.26. The number of rotatable bonds is 9. The fraction of sp³-hybridized carbons (Fsp3) is 0.375. The van der Waals surface area contributed by atoms with Crippen LogP contribution in [0.3, 0.4) is 0 Å². The van der Waals surface area contributed by atoms with Gasteiger partial charge in [0, 0.05) is 32.3 Å². The number of aromatic hydroxyl groups is 1. The molecule has 0 saturated heterocycles. The molecule has 30 heavy (non-hydrogen) atoms. The van der Waals surface area contributed by atoms with Crippen LogP contribution in [-0.2, 0) is 16.0 Å². The summed E-state index contributed by atoms with van der Waals surface area (Å²) in [5.41, 5.74) is 2.06. The van der Waals surface area contributed by atoms with Crippen molar-refractivity contribution in [2.24, 2.45) is 0 Å². The normalized spacial score (nSPS) is 30.7. The van der Waals surface area contributed by atoms with E-state index >= 15 is 0 Å². The zero-order valence-corrected chi connectivity index (χ0v) is 16.6. The number of para-hydroxylation sites is 2. The Morgan fingerprint density at radius 2 is 2.13 bits per heavy atom. The number of aromatic nitrogens is 1. The molecule has 2 aromatic carbocycles. The van der Waals surface area contributed by atoms with E-state index in [1.165, 1.54) is 0 Å². The fourth-order valence-corrected chi connectivity index (χ4v) is 3.06. The van der Waals surface area contributed by atoms with Crippen LogP contribution in [0.15, 0.2) is 65.1 Å². The van der Waals surface area contributed by atoms with Crippen molar-refractivity contribution in [3.8, 4) is 5.75 Å². The molecule has 1 aliphatic rings. The maximum Gasteiger partial charge on any atom is 0.298 e. The molecular formula is C24H28N2O4. The monoisotopic (exact) mass is 415 g/mol. The summed E-state index contributed by atoms with van der Waals surface area (Å²) in [7, 11) is 1.02. The number of phenolic OH excluding ortho intramolecular Hbond substituents is 1. The van der Waals surface area contributed by atoms with Crippen LogP contribution >= 0.6 is 0 Å². The first-order valence-electron chi connectivity index (χ1n) is 13.1. The lowest BCUT2D eigenvalue weighted by atomic mass is 10.0. The predicted molar refractivity (Wildman–Crippen MR) is 117 cm³/mol. The lowest BCUT2D eigenvalue weighted by molar-refractivity contribution is 0.0499. The van der Waals surface area contributed by atoms with Gasteiger partial charge in [-0.3, -0.25) is 0 Å². The molecule has 0 radical (unpaired) electrons. The smallest absolute Gasteiger partial charge is 0.298 e. The van der Waals surface area contributed by atoms with Crippen molar-refractivity contribution >= 4 is 17.1 Å². The van der Waals surface area contributed by atoms with E-state index in [2.05, 4.69) is 4.98 Å². The number of phenols is 1. The Bertz CT molecular complexity index is 1270. The maximum atomic E-state index is 9.86. The highest BCUT2D eigenvalue weighted by Gasteiger charge is 2.17. The number of fused-ring (bicyclic) bond motifs is 1. The molecule has 1 N–H and O–H groups in total. The van der Waals surface area contributed by atoms with E-state index in [0.717, 1.165) is 18.7 Å². The van der Waals surface area contributed by atoms with E-state index in [1.54, 1.807) is 24.3 Å². The highest BCUT2D eigenvalue weighted by atomic mass is 16.5. The first kappa shape index (κ1) is 13.5. The average Bonchev–Trinajstić information content (AvgIpc) is 3.28. The minimum atomic E-state index is -3.04. The zero-order chi connectivity index (χ0) is 27.1. The molecule has 6 heteroatoms.